The minimum atomic E-state index is 0.827. The second-order valence-electron chi connectivity index (χ2n) is 3.58. The average molecular weight is 175 g/mol. The molecular weight excluding hydrogens is 167 g/mol. The molecule has 0 heterocycles. The van der Waals surface area contributed by atoms with Gasteiger partial charge in [0, 0.05) is 0 Å². The maximum atomic E-state index is 5.75. The summed E-state index contributed by atoms with van der Waals surface area (Å²) in [4.78, 5) is 0. The van der Waals surface area contributed by atoms with Gasteiger partial charge in [-0.05, 0) is 0 Å². The van der Waals surface area contributed by atoms with Gasteiger partial charge < -0.3 is 0 Å². The standard InChI is InChI=1S/C13H8B/c14-11-5-6-13-10(8-11)7-9-3-1-2-4-12(9)13/h1-8H. The maximum absolute atomic E-state index is 5.75. The summed E-state index contributed by atoms with van der Waals surface area (Å²) in [6, 6.07) is 14.5. The Labute approximate surface area is 82.9 Å². The molecule has 0 aromatic heterocycles. The van der Waals surface area contributed by atoms with Crippen LogP contribution in [0.25, 0.3) is 6.08 Å². The van der Waals surface area contributed by atoms with E-state index in [4.69, 9.17) is 7.49 Å². The van der Waals surface area contributed by atoms with Crippen molar-refractivity contribution in [3.05, 3.63) is 68.8 Å². The van der Waals surface area contributed by atoms with E-state index in [0.29, 0.717) is 0 Å². The van der Waals surface area contributed by atoms with E-state index in [1.54, 1.807) is 0 Å². The Bertz CT molecular complexity index is 699. The average Bonchev–Trinajstić information content (AvgIpc) is 2.54. The first-order chi connectivity index (χ1) is 6.84. The Morgan fingerprint density at radius 3 is 2.64 bits per heavy atom. The predicted octanol–water partition coefficient (Wildman–Crippen LogP) is 1.54. The third-order valence-corrected chi connectivity index (χ3v) is 2.64. The zero-order valence-corrected chi connectivity index (χ0v) is 7.70. The zero-order chi connectivity index (χ0) is 9.54. The van der Waals surface area contributed by atoms with Gasteiger partial charge in [-0.2, -0.15) is 0 Å². The summed E-state index contributed by atoms with van der Waals surface area (Å²) in [6.07, 6.45) is 2.18. The molecule has 1 heteroatoms. The predicted molar refractivity (Wildman–Crippen MR) is 58.3 cm³/mol. The van der Waals surface area contributed by atoms with Crippen LogP contribution >= 0.6 is 0 Å². The first-order valence-electron chi connectivity index (χ1n) is 4.68. The van der Waals surface area contributed by atoms with Crippen LogP contribution in [0.3, 0.4) is 0 Å². The van der Waals surface area contributed by atoms with Crippen LogP contribution in [0.15, 0.2) is 42.5 Å². The number of benzene rings is 2. The molecule has 0 saturated heterocycles. The molecule has 0 atom stereocenters. The van der Waals surface area contributed by atoms with E-state index in [1.807, 2.05) is 12.1 Å². The SMILES string of the molecule is [B]=c1ccc2c(c1)C=c1ccccc1=2. The topological polar surface area (TPSA) is 0 Å². The van der Waals surface area contributed by atoms with Crippen molar-refractivity contribution in [3.8, 4) is 0 Å². The van der Waals surface area contributed by atoms with Gasteiger partial charge in [0.25, 0.3) is 0 Å². The molecule has 63 valence electrons. The van der Waals surface area contributed by atoms with Gasteiger partial charge in [-0.25, -0.2) is 0 Å². The summed E-state index contributed by atoms with van der Waals surface area (Å²) in [5.41, 5.74) is 1.23. The fraction of sp³-hybridized carbons (Fsp3) is 0. The molecule has 0 bridgehead atoms. The van der Waals surface area contributed by atoms with Crippen molar-refractivity contribution in [1.29, 1.82) is 0 Å². The van der Waals surface area contributed by atoms with Crippen LogP contribution < -0.4 is 5.22 Å². The summed E-state index contributed by atoms with van der Waals surface area (Å²) in [5.74, 6) is 0. The second kappa shape index (κ2) is 2.68. The van der Waals surface area contributed by atoms with Crippen molar-refractivity contribution in [3.63, 3.8) is 0 Å². The summed E-state index contributed by atoms with van der Waals surface area (Å²) in [5, 5.41) is 4.71. The summed E-state index contributed by atoms with van der Waals surface area (Å²) in [7, 11) is 5.75. The number of hydrogen-bond donors (Lipinski definition) is 0. The molecule has 0 unspecified atom stereocenters. The first kappa shape index (κ1) is 7.75. The van der Waals surface area contributed by atoms with Gasteiger partial charge in [0.05, 0.1) is 0 Å². The van der Waals surface area contributed by atoms with E-state index in [-0.39, 0.29) is 0 Å². The Morgan fingerprint density at radius 1 is 0.857 bits per heavy atom. The molecule has 0 amide bonds. The van der Waals surface area contributed by atoms with Crippen LogP contribution in [-0.2, 0) is 0 Å². The molecule has 0 N–H and O–H groups in total. The van der Waals surface area contributed by atoms with Crippen molar-refractivity contribution in [2.45, 2.75) is 0 Å². The molecule has 0 nitrogen and oxygen atoms in total. The Hall–Kier alpha value is -1.63. The summed E-state index contributed by atoms with van der Waals surface area (Å²) >= 11 is 0. The van der Waals surface area contributed by atoms with Gasteiger partial charge in [0.1, 0.15) is 0 Å². The number of rotatable bonds is 0. The van der Waals surface area contributed by atoms with Crippen molar-refractivity contribution < 1.29 is 0 Å². The first-order valence-corrected chi connectivity index (χ1v) is 4.68. The van der Waals surface area contributed by atoms with E-state index in [2.05, 4.69) is 36.4 Å². The molecule has 0 saturated carbocycles. The Kier molecular flexibility index (Phi) is 1.48. The molecule has 1 aliphatic carbocycles. The number of hydrogen-bond acceptors (Lipinski definition) is 0. The molecule has 1 aliphatic rings. The van der Waals surface area contributed by atoms with E-state index >= 15 is 0 Å². The van der Waals surface area contributed by atoms with Crippen LogP contribution in [-0.4, -0.2) is 7.49 Å². The molecule has 0 aliphatic heterocycles. The van der Waals surface area contributed by atoms with E-state index < -0.39 is 0 Å². The van der Waals surface area contributed by atoms with Gasteiger partial charge in [0.15, 0.2) is 0 Å². The van der Waals surface area contributed by atoms with E-state index in [9.17, 15) is 0 Å². The van der Waals surface area contributed by atoms with Gasteiger partial charge in [-0.1, -0.05) is 0 Å². The van der Waals surface area contributed by atoms with Crippen LogP contribution in [0.2, 0.25) is 0 Å². The third kappa shape index (κ3) is 0.988. The normalized spacial score (nSPS) is 11.6. The molecule has 2 aromatic rings. The fourth-order valence-corrected chi connectivity index (χ4v) is 1.98. The molecular formula is C13H8B. The molecule has 2 aromatic carbocycles. The zero-order valence-electron chi connectivity index (χ0n) is 7.70. The van der Waals surface area contributed by atoms with Crippen LogP contribution in [0, 0.1) is 15.5 Å². The van der Waals surface area contributed by atoms with Gasteiger partial charge in [-0.3, -0.25) is 0 Å². The molecule has 1 radical (unpaired) electrons. The van der Waals surface area contributed by atoms with Crippen LogP contribution in [0.1, 0.15) is 5.56 Å². The van der Waals surface area contributed by atoms with Crippen molar-refractivity contribution in [1.82, 2.24) is 0 Å². The molecule has 0 fully saturated rings. The molecule has 0 spiro atoms. The van der Waals surface area contributed by atoms with Crippen molar-refractivity contribution >= 4 is 13.6 Å². The second-order valence-corrected chi connectivity index (χ2v) is 3.58. The van der Waals surface area contributed by atoms with Crippen molar-refractivity contribution in [2.24, 2.45) is 0 Å². The van der Waals surface area contributed by atoms with Gasteiger partial charge in [-0.15, -0.1) is 0 Å². The van der Waals surface area contributed by atoms with Gasteiger partial charge in [0.2, 0.25) is 0 Å². The monoisotopic (exact) mass is 175 g/mol. The Morgan fingerprint density at radius 2 is 1.71 bits per heavy atom. The van der Waals surface area contributed by atoms with Gasteiger partial charge >= 0.3 is 82.4 Å². The minimum absolute atomic E-state index is 0.827. The summed E-state index contributed by atoms with van der Waals surface area (Å²) < 4.78 is 0. The Balaban J connectivity index is 2.66. The molecule has 14 heavy (non-hydrogen) atoms. The van der Waals surface area contributed by atoms with Crippen molar-refractivity contribution in [2.75, 3.05) is 0 Å². The summed E-state index contributed by atoms with van der Waals surface area (Å²) in [6.45, 7) is 0. The van der Waals surface area contributed by atoms with E-state index in [1.165, 1.54) is 21.2 Å². The molecule has 3 rings (SSSR count). The van der Waals surface area contributed by atoms with Crippen LogP contribution in [0.4, 0.5) is 0 Å². The fourth-order valence-electron chi connectivity index (χ4n) is 1.98. The number of fused-ring (bicyclic) bond motifs is 2. The van der Waals surface area contributed by atoms with E-state index in [0.717, 1.165) is 5.11 Å². The quantitative estimate of drug-likeness (QED) is 0.454. The van der Waals surface area contributed by atoms with Crippen LogP contribution in [0.5, 0.6) is 0 Å². The third-order valence-electron chi connectivity index (χ3n) is 2.64.